The standard InChI is InChI=1S/C13H14BrN3O3/c1-7-3-4-8(5-10(7)14)15-11(18)6-9-12(19)16-17(2)13(9)20/h3-5,9H,6H2,1-2H3,(H,15,18)(H,16,19). The number of carbonyl (C=O) groups is 3. The van der Waals surface area contributed by atoms with Crippen molar-refractivity contribution in [2.75, 3.05) is 12.4 Å². The first kappa shape index (κ1) is 14.5. The van der Waals surface area contributed by atoms with Gasteiger partial charge in [-0.05, 0) is 24.6 Å². The Balaban J connectivity index is 2.00. The zero-order chi connectivity index (χ0) is 14.9. The Morgan fingerprint density at radius 2 is 2.15 bits per heavy atom. The van der Waals surface area contributed by atoms with Crippen molar-refractivity contribution in [3.63, 3.8) is 0 Å². The van der Waals surface area contributed by atoms with Crippen molar-refractivity contribution in [1.29, 1.82) is 0 Å². The summed E-state index contributed by atoms with van der Waals surface area (Å²) < 4.78 is 0.879. The van der Waals surface area contributed by atoms with Gasteiger partial charge in [0.25, 0.3) is 11.8 Å². The number of hydrogen-bond acceptors (Lipinski definition) is 3. The van der Waals surface area contributed by atoms with Crippen LogP contribution in [0.4, 0.5) is 5.69 Å². The fourth-order valence-corrected chi connectivity index (χ4v) is 2.27. The molecule has 0 radical (unpaired) electrons. The zero-order valence-electron chi connectivity index (χ0n) is 11.1. The molecule has 0 spiro atoms. The van der Waals surface area contributed by atoms with Gasteiger partial charge in [-0.25, -0.2) is 0 Å². The Hall–Kier alpha value is -1.89. The molecular weight excluding hydrogens is 326 g/mol. The Morgan fingerprint density at radius 3 is 2.70 bits per heavy atom. The van der Waals surface area contributed by atoms with Crippen LogP contribution in [0.1, 0.15) is 12.0 Å². The SMILES string of the molecule is Cc1ccc(NC(=O)CC2C(=O)NN(C)C2=O)cc1Br. The van der Waals surface area contributed by atoms with E-state index in [1.165, 1.54) is 7.05 Å². The maximum absolute atomic E-state index is 11.9. The topological polar surface area (TPSA) is 78.5 Å². The lowest BCUT2D eigenvalue weighted by atomic mass is 10.0. The molecule has 20 heavy (non-hydrogen) atoms. The normalized spacial score (nSPS) is 18.1. The number of benzene rings is 1. The molecule has 1 unspecified atom stereocenters. The molecule has 106 valence electrons. The van der Waals surface area contributed by atoms with Crippen molar-refractivity contribution in [2.24, 2.45) is 5.92 Å². The van der Waals surface area contributed by atoms with Crippen LogP contribution in [0.5, 0.6) is 0 Å². The summed E-state index contributed by atoms with van der Waals surface area (Å²) >= 11 is 3.37. The van der Waals surface area contributed by atoms with Crippen LogP contribution < -0.4 is 10.7 Å². The Kier molecular flexibility index (Phi) is 4.08. The molecule has 2 N–H and O–H groups in total. The van der Waals surface area contributed by atoms with Gasteiger partial charge in [0, 0.05) is 23.6 Å². The summed E-state index contributed by atoms with van der Waals surface area (Å²) in [5, 5.41) is 3.77. The van der Waals surface area contributed by atoms with Crippen LogP contribution in [0.25, 0.3) is 0 Å². The van der Waals surface area contributed by atoms with Crippen molar-refractivity contribution in [3.05, 3.63) is 28.2 Å². The number of anilines is 1. The van der Waals surface area contributed by atoms with Crippen LogP contribution in [0.15, 0.2) is 22.7 Å². The predicted octanol–water partition coefficient (Wildman–Crippen LogP) is 1.21. The van der Waals surface area contributed by atoms with Gasteiger partial charge >= 0.3 is 0 Å². The lowest BCUT2D eigenvalue weighted by molar-refractivity contribution is -0.134. The predicted molar refractivity (Wildman–Crippen MR) is 76.5 cm³/mol. The summed E-state index contributed by atoms with van der Waals surface area (Å²) in [6, 6.07) is 5.40. The lowest BCUT2D eigenvalue weighted by Gasteiger charge is -2.09. The van der Waals surface area contributed by atoms with E-state index < -0.39 is 17.7 Å². The van der Waals surface area contributed by atoms with Gasteiger partial charge in [0.2, 0.25) is 5.91 Å². The van der Waals surface area contributed by atoms with Gasteiger partial charge in [-0.2, -0.15) is 0 Å². The summed E-state index contributed by atoms with van der Waals surface area (Å²) in [6.07, 6.45) is -0.166. The number of carbonyl (C=O) groups excluding carboxylic acids is 3. The minimum atomic E-state index is -0.950. The van der Waals surface area contributed by atoms with E-state index in [2.05, 4.69) is 26.7 Å². The smallest absolute Gasteiger partial charge is 0.253 e. The molecule has 3 amide bonds. The number of amides is 3. The Bertz CT molecular complexity index is 588. The van der Waals surface area contributed by atoms with Crippen molar-refractivity contribution in [1.82, 2.24) is 10.4 Å². The van der Waals surface area contributed by atoms with Crippen molar-refractivity contribution < 1.29 is 14.4 Å². The highest BCUT2D eigenvalue weighted by Gasteiger charge is 2.38. The first-order valence-corrected chi connectivity index (χ1v) is 6.82. The molecule has 1 saturated heterocycles. The van der Waals surface area contributed by atoms with Crippen LogP contribution in [0.3, 0.4) is 0 Å². The van der Waals surface area contributed by atoms with Crippen LogP contribution in [0, 0.1) is 12.8 Å². The van der Waals surface area contributed by atoms with Crippen LogP contribution >= 0.6 is 15.9 Å². The quantitative estimate of drug-likeness (QED) is 0.812. The second kappa shape index (κ2) is 5.62. The molecule has 0 aliphatic carbocycles. The van der Waals surface area contributed by atoms with E-state index in [1.807, 2.05) is 13.0 Å². The number of hydrazine groups is 1. The molecule has 1 aliphatic heterocycles. The van der Waals surface area contributed by atoms with Crippen LogP contribution in [0.2, 0.25) is 0 Å². The fourth-order valence-electron chi connectivity index (χ4n) is 1.89. The second-order valence-electron chi connectivity index (χ2n) is 4.64. The maximum Gasteiger partial charge on any atom is 0.253 e. The maximum atomic E-state index is 11.9. The molecule has 1 heterocycles. The Labute approximate surface area is 124 Å². The summed E-state index contributed by atoms with van der Waals surface area (Å²) in [7, 11) is 1.45. The van der Waals surface area contributed by atoms with Crippen molar-refractivity contribution in [2.45, 2.75) is 13.3 Å². The van der Waals surface area contributed by atoms with Crippen molar-refractivity contribution in [3.8, 4) is 0 Å². The third kappa shape index (κ3) is 2.98. The minimum Gasteiger partial charge on any atom is -0.326 e. The largest absolute Gasteiger partial charge is 0.326 e. The van der Waals surface area contributed by atoms with Gasteiger partial charge < -0.3 is 5.32 Å². The number of hydrogen-bond donors (Lipinski definition) is 2. The molecule has 2 rings (SSSR count). The van der Waals surface area contributed by atoms with Gasteiger partial charge in [0.1, 0.15) is 5.92 Å². The van der Waals surface area contributed by atoms with Crippen LogP contribution in [-0.4, -0.2) is 29.8 Å². The van der Waals surface area contributed by atoms with Crippen LogP contribution in [-0.2, 0) is 14.4 Å². The van der Waals surface area contributed by atoms with Gasteiger partial charge in [-0.15, -0.1) is 0 Å². The average molecular weight is 340 g/mol. The van der Waals surface area contributed by atoms with E-state index in [9.17, 15) is 14.4 Å². The highest BCUT2D eigenvalue weighted by molar-refractivity contribution is 9.10. The van der Waals surface area contributed by atoms with E-state index in [4.69, 9.17) is 0 Å². The molecule has 7 heteroatoms. The molecule has 1 aromatic carbocycles. The average Bonchev–Trinajstić information content (AvgIpc) is 2.61. The van der Waals surface area contributed by atoms with E-state index in [0.29, 0.717) is 5.69 Å². The second-order valence-corrected chi connectivity index (χ2v) is 5.50. The summed E-state index contributed by atoms with van der Waals surface area (Å²) in [6.45, 7) is 1.94. The molecule has 0 aromatic heterocycles. The number of rotatable bonds is 3. The molecular formula is C13H14BrN3O3. The van der Waals surface area contributed by atoms with E-state index in [-0.39, 0.29) is 12.3 Å². The number of halogens is 1. The molecule has 0 saturated carbocycles. The van der Waals surface area contributed by atoms with Gasteiger partial charge in [-0.3, -0.25) is 24.8 Å². The molecule has 1 atom stereocenters. The molecule has 1 aliphatic rings. The fraction of sp³-hybridized carbons (Fsp3) is 0.308. The van der Waals surface area contributed by atoms with Crippen molar-refractivity contribution >= 4 is 39.3 Å². The monoisotopic (exact) mass is 339 g/mol. The highest BCUT2D eigenvalue weighted by atomic mass is 79.9. The van der Waals surface area contributed by atoms with E-state index in [0.717, 1.165) is 15.0 Å². The summed E-state index contributed by atoms with van der Waals surface area (Å²) in [4.78, 5) is 35.1. The molecule has 6 nitrogen and oxygen atoms in total. The number of nitrogens with zero attached hydrogens (tertiary/aromatic N) is 1. The molecule has 1 fully saturated rings. The first-order chi connectivity index (χ1) is 9.38. The number of aryl methyl sites for hydroxylation is 1. The molecule has 0 bridgehead atoms. The summed E-state index contributed by atoms with van der Waals surface area (Å²) in [5.41, 5.74) is 4.03. The van der Waals surface area contributed by atoms with E-state index >= 15 is 0 Å². The first-order valence-electron chi connectivity index (χ1n) is 6.02. The number of nitrogens with one attached hydrogen (secondary N) is 2. The third-order valence-corrected chi connectivity index (χ3v) is 3.92. The van der Waals surface area contributed by atoms with Gasteiger partial charge in [0.15, 0.2) is 0 Å². The lowest BCUT2D eigenvalue weighted by Crippen LogP contribution is -2.31. The van der Waals surface area contributed by atoms with Gasteiger partial charge in [0.05, 0.1) is 0 Å². The Morgan fingerprint density at radius 1 is 1.45 bits per heavy atom. The zero-order valence-corrected chi connectivity index (χ0v) is 12.7. The minimum absolute atomic E-state index is 0.166. The molecule has 1 aromatic rings. The van der Waals surface area contributed by atoms with E-state index in [1.54, 1.807) is 12.1 Å². The highest BCUT2D eigenvalue weighted by Crippen LogP contribution is 2.21. The van der Waals surface area contributed by atoms with Gasteiger partial charge in [-0.1, -0.05) is 22.0 Å². The summed E-state index contributed by atoms with van der Waals surface area (Å²) in [5.74, 6) is -2.16. The third-order valence-electron chi connectivity index (χ3n) is 3.07.